The summed E-state index contributed by atoms with van der Waals surface area (Å²) in [5, 5.41) is 34.7. The van der Waals surface area contributed by atoms with E-state index in [1.54, 1.807) is 0 Å². The number of aliphatic carboxylic acids is 1. The third-order valence-corrected chi connectivity index (χ3v) is 11.8. The van der Waals surface area contributed by atoms with Crippen LogP contribution in [0.3, 0.4) is 0 Å². The van der Waals surface area contributed by atoms with Crippen molar-refractivity contribution >= 4 is 75.1 Å². The molecule has 3 unspecified atom stereocenters. The van der Waals surface area contributed by atoms with E-state index in [9.17, 15) is 62.7 Å². The Morgan fingerprint density at radius 1 is 1.00 bits per heavy atom. The van der Waals surface area contributed by atoms with Crippen LogP contribution in [-0.4, -0.2) is 134 Å². The number of aliphatic hydroxyl groups excluding tert-OH is 2. The van der Waals surface area contributed by atoms with Crippen molar-refractivity contribution in [1.82, 2.24) is 30.2 Å². The zero-order chi connectivity index (χ0) is 42.8. The smallest absolute Gasteiger partial charge is 0.481 e. The van der Waals surface area contributed by atoms with Crippen molar-refractivity contribution in [2.75, 3.05) is 37.8 Å². The molecule has 0 spiro atoms. The first-order chi connectivity index (χ1) is 26.4. The number of carboxylic acids is 1. The number of ether oxygens (including phenoxy) is 1. The molecule has 2 aromatic rings. The van der Waals surface area contributed by atoms with Crippen molar-refractivity contribution in [3.05, 3.63) is 12.7 Å². The monoisotopic (exact) mass is 895 g/mol. The molecular weight excluding hydrogens is 851 g/mol. The van der Waals surface area contributed by atoms with Gasteiger partial charge in [-0.3, -0.25) is 37.3 Å². The number of unbranched alkanes of at least 4 members (excludes halogenated alkanes) is 1. The molecule has 0 bridgehead atoms. The van der Waals surface area contributed by atoms with Gasteiger partial charge in [0.05, 0.1) is 19.5 Å². The predicted molar refractivity (Wildman–Crippen MR) is 193 cm³/mol. The molecule has 11 N–H and O–H groups in total. The second-order valence-corrected chi connectivity index (χ2v) is 18.3. The molecule has 2 aromatic heterocycles. The Morgan fingerprint density at radius 3 is 2.33 bits per heavy atom. The molecule has 26 nitrogen and oxygen atoms in total. The Kier molecular flexibility index (Phi) is 17.7. The third kappa shape index (κ3) is 15.6. The number of rotatable bonds is 24. The summed E-state index contributed by atoms with van der Waals surface area (Å²) in [6.45, 7) is 0.319. The molecule has 7 atom stereocenters. The van der Waals surface area contributed by atoms with Gasteiger partial charge >= 0.3 is 29.4 Å². The summed E-state index contributed by atoms with van der Waals surface area (Å²) in [6, 6.07) is 0. The van der Waals surface area contributed by atoms with Gasteiger partial charge in [-0.05, 0) is 12.8 Å². The zero-order valence-corrected chi connectivity index (χ0v) is 33.8. The Morgan fingerprint density at radius 2 is 1.67 bits per heavy atom. The number of aromatic nitrogens is 4. The second-order valence-electron chi connectivity index (χ2n) is 12.9. The molecule has 0 aliphatic carbocycles. The number of phosphoric ester groups is 3. The number of nitrogens with two attached hydrogens (primary N) is 1. The first kappa shape index (κ1) is 48.4. The van der Waals surface area contributed by atoms with Crippen LogP contribution in [0.4, 0.5) is 5.82 Å². The standard InChI is InChI=1S/C27H44N7O19P3S/c1-27(2,22(40)25(41)30-8-7-16(35)29-9-10-57-18(38)6-4-3-5-17(36)37)12-50-56(47,48)53-55(45,46)49-11-15-21(52-54(42,43)44)20(39)26(51-15)34-14-33-19-23(28)31-13-32-24(19)34/h13-15,20-22,26,39-40H,3-12H2,1-2H3,(H,29,35)(H,30,41)(H,36,37)(H,45,46)(H,47,48)(H2,28,31,32)(H2,42,43,44)/t15-,20-,21-,22?,26-/m1/s1. The van der Waals surface area contributed by atoms with Gasteiger partial charge in [-0.25, -0.2) is 28.6 Å². The number of nitrogens with zero attached hydrogens (tertiary/aromatic N) is 4. The largest absolute Gasteiger partial charge is 0.481 e. The SMILES string of the molecule is CC(C)(COP(=O)(O)OP(=O)(O)OC[C@H]1O[C@@H](n2cnc3c(N)ncnc32)[C@H](O)[C@@H]1OP(=O)(O)O)C(O)C(=O)NCCC(=O)NCCSC(=O)CCCCC(=O)O. The lowest BCUT2D eigenvalue weighted by molar-refractivity contribution is -0.137. The van der Waals surface area contributed by atoms with Crippen molar-refractivity contribution < 1.29 is 90.4 Å². The summed E-state index contributed by atoms with van der Waals surface area (Å²) in [5.41, 5.74) is 4.21. The maximum absolute atomic E-state index is 12.7. The highest BCUT2D eigenvalue weighted by atomic mass is 32.2. The average molecular weight is 896 g/mol. The number of hydrogen-bond donors (Lipinski definition) is 10. The van der Waals surface area contributed by atoms with E-state index in [1.165, 1.54) is 13.8 Å². The molecule has 3 rings (SSSR count). The van der Waals surface area contributed by atoms with Crippen LogP contribution in [0.25, 0.3) is 11.2 Å². The van der Waals surface area contributed by atoms with Gasteiger partial charge in [0.15, 0.2) is 22.8 Å². The number of amides is 2. The minimum absolute atomic E-state index is 0.0217. The minimum Gasteiger partial charge on any atom is -0.481 e. The molecule has 1 aliphatic rings. The first-order valence-corrected chi connectivity index (χ1v) is 22.2. The summed E-state index contributed by atoms with van der Waals surface area (Å²) >= 11 is 0.982. The van der Waals surface area contributed by atoms with E-state index in [1.807, 2.05) is 0 Å². The molecule has 30 heteroatoms. The van der Waals surface area contributed by atoms with E-state index in [2.05, 4.69) is 34.4 Å². The molecule has 0 saturated carbocycles. The number of hydrogen-bond acceptors (Lipinski definition) is 19. The number of carbonyl (C=O) groups excluding carboxylic acids is 3. The number of carboxylic acid groups (broad SMARTS) is 1. The number of carbonyl (C=O) groups is 4. The zero-order valence-electron chi connectivity index (χ0n) is 30.3. The van der Waals surface area contributed by atoms with E-state index in [0.29, 0.717) is 12.8 Å². The number of aliphatic hydroxyl groups is 2. The summed E-state index contributed by atoms with van der Waals surface area (Å²) in [7, 11) is -16.4. The Labute approximate surface area is 327 Å². The summed E-state index contributed by atoms with van der Waals surface area (Å²) in [6.07, 6.45) is -6.06. The van der Waals surface area contributed by atoms with Crippen LogP contribution in [0.1, 0.15) is 52.2 Å². The molecule has 1 saturated heterocycles. The second kappa shape index (κ2) is 20.8. The highest BCUT2D eigenvalue weighted by Crippen LogP contribution is 2.61. The third-order valence-electron chi connectivity index (χ3n) is 7.79. The van der Waals surface area contributed by atoms with Gasteiger partial charge in [0, 0.05) is 43.5 Å². The first-order valence-electron chi connectivity index (χ1n) is 16.7. The van der Waals surface area contributed by atoms with Crippen LogP contribution in [0.2, 0.25) is 0 Å². The Balaban J connectivity index is 1.46. The lowest BCUT2D eigenvalue weighted by Gasteiger charge is -2.30. The fraction of sp³-hybridized carbons (Fsp3) is 0.667. The highest BCUT2D eigenvalue weighted by molar-refractivity contribution is 8.13. The quantitative estimate of drug-likeness (QED) is 0.0460. The normalized spacial score (nSPS) is 21.4. The van der Waals surface area contributed by atoms with E-state index in [-0.39, 0.29) is 60.2 Å². The molecule has 1 aliphatic heterocycles. The Hall–Kier alpha value is -2.97. The van der Waals surface area contributed by atoms with E-state index in [4.69, 9.17) is 24.6 Å². The molecule has 0 radical (unpaired) electrons. The lowest BCUT2D eigenvalue weighted by Crippen LogP contribution is -2.46. The van der Waals surface area contributed by atoms with E-state index < -0.39 is 90.5 Å². The van der Waals surface area contributed by atoms with Crippen molar-refractivity contribution in [2.45, 2.75) is 76.6 Å². The van der Waals surface area contributed by atoms with Crippen LogP contribution in [0.15, 0.2) is 12.7 Å². The summed E-state index contributed by atoms with van der Waals surface area (Å²) in [4.78, 5) is 97.8. The fourth-order valence-corrected chi connectivity index (χ4v) is 8.46. The van der Waals surface area contributed by atoms with Gasteiger partial charge in [-0.1, -0.05) is 25.6 Å². The predicted octanol–water partition coefficient (Wildman–Crippen LogP) is -0.690. The number of thioether (sulfide) groups is 1. The van der Waals surface area contributed by atoms with Crippen molar-refractivity contribution in [3.8, 4) is 0 Å². The molecule has 0 aromatic carbocycles. The van der Waals surface area contributed by atoms with Crippen LogP contribution in [0, 0.1) is 5.41 Å². The summed E-state index contributed by atoms with van der Waals surface area (Å²) in [5.74, 6) is -2.21. The molecule has 322 valence electrons. The maximum atomic E-state index is 12.7. The number of fused-ring (bicyclic) bond motifs is 1. The van der Waals surface area contributed by atoms with Crippen molar-refractivity contribution in [2.24, 2.45) is 5.41 Å². The summed E-state index contributed by atoms with van der Waals surface area (Å²) < 4.78 is 62.0. The van der Waals surface area contributed by atoms with Crippen LogP contribution in [-0.2, 0) is 55.5 Å². The number of nitrogen functional groups attached to an aromatic ring is 1. The molecule has 2 amide bonds. The molecule has 1 fully saturated rings. The number of imidazole rings is 1. The van der Waals surface area contributed by atoms with Gasteiger partial charge in [0.1, 0.15) is 36.3 Å². The topological polar surface area (TPSA) is 401 Å². The fourth-order valence-electron chi connectivity index (χ4n) is 4.91. The van der Waals surface area contributed by atoms with Gasteiger partial charge in [0.25, 0.3) is 0 Å². The van der Waals surface area contributed by atoms with Gasteiger partial charge in [-0.2, -0.15) is 4.31 Å². The number of anilines is 1. The van der Waals surface area contributed by atoms with E-state index >= 15 is 0 Å². The van der Waals surface area contributed by atoms with Crippen LogP contribution in [0.5, 0.6) is 0 Å². The van der Waals surface area contributed by atoms with Crippen LogP contribution < -0.4 is 16.4 Å². The highest BCUT2D eigenvalue weighted by Gasteiger charge is 2.50. The number of nitrogens with one attached hydrogen (secondary N) is 2. The van der Waals surface area contributed by atoms with Crippen molar-refractivity contribution in [3.63, 3.8) is 0 Å². The number of phosphoric acid groups is 3. The van der Waals surface area contributed by atoms with Crippen LogP contribution >= 0.6 is 35.2 Å². The van der Waals surface area contributed by atoms with Gasteiger partial charge in [-0.15, -0.1) is 0 Å². The average Bonchev–Trinajstić information content (AvgIpc) is 3.66. The lowest BCUT2D eigenvalue weighted by atomic mass is 9.87. The van der Waals surface area contributed by atoms with E-state index in [0.717, 1.165) is 29.0 Å². The minimum atomic E-state index is -5.58. The van der Waals surface area contributed by atoms with Gasteiger partial charge < -0.3 is 56.0 Å². The van der Waals surface area contributed by atoms with Gasteiger partial charge in [0.2, 0.25) is 11.8 Å². The molecule has 57 heavy (non-hydrogen) atoms. The maximum Gasteiger partial charge on any atom is 0.481 e. The molecular formula is C27H44N7O19P3S. The van der Waals surface area contributed by atoms with Crippen molar-refractivity contribution in [1.29, 1.82) is 0 Å². The Bertz CT molecular complexity index is 1880. The molecule has 3 heterocycles.